The van der Waals surface area contributed by atoms with Crippen LogP contribution in [0.3, 0.4) is 0 Å². The van der Waals surface area contributed by atoms with Crippen LogP contribution in [0.2, 0.25) is 0 Å². The van der Waals surface area contributed by atoms with Crippen molar-refractivity contribution in [2.45, 2.75) is 31.3 Å². The second kappa shape index (κ2) is 9.49. The van der Waals surface area contributed by atoms with Crippen molar-refractivity contribution in [1.29, 1.82) is 0 Å². The van der Waals surface area contributed by atoms with Gasteiger partial charge in [-0.3, -0.25) is 0 Å². The molecule has 30 heavy (non-hydrogen) atoms. The highest BCUT2D eigenvalue weighted by Gasteiger charge is 2.36. The van der Waals surface area contributed by atoms with Crippen LogP contribution in [0.4, 0.5) is 4.79 Å². The van der Waals surface area contributed by atoms with Crippen LogP contribution in [0.15, 0.2) is 48.5 Å². The summed E-state index contributed by atoms with van der Waals surface area (Å²) in [5.41, 5.74) is 3.06. The number of carbonyl (C=O) groups excluding carboxylic acids is 1. The molecular formula is C22H28N2O5S. The zero-order chi connectivity index (χ0) is 21.7. The highest BCUT2D eigenvalue weighted by atomic mass is 32.2. The molecule has 8 heteroatoms. The fourth-order valence-electron chi connectivity index (χ4n) is 3.99. The second-order valence-corrected chi connectivity index (χ2v) is 9.29. The number of nitrogens with one attached hydrogen (secondary N) is 1. The molecule has 1 heterocycles. The molecule has 2 atom stereocenters. The fraction of sp³-hybridized carbons (Fsp3) is 0.409. The van der Waals surface area contributed by atoms with E-state index in [1.807, 2.05) is 42.5 Å². The average Bonchev–Trinajstić information content (AvgIpc) is 2.73. The Balaban J connectivity index is 1.90. The molecule has 0 radical (unpaired) electrons. The Labute approximate surface area is 178 Å². The molecule has 0 aliphatic carbocycles. The SMILES string of the molecule is COC(=O)N1CCCC(NS(C)(=O)=O)C1Cc1cccc(-c2cccc(OC)c2)c1. The summed E-state index contributed by atoms with van der Waals surface area (Å²) in [6.45, 7) is 0.537. The van der Waals surface area contributed by atoms with E-state index in [-0.39, 0.29) is 12.1 Å². The zero-order valence-corrected chi connectivity index (χ0v) is 18.3. The van der Waals surface area contributed by atoms with Crippen LogP contribution in [-0.4, -0.2) is 58.5 Å². The number of nitrogens with zero attached hydrogens (tertiary/aromatic N) is 1. The van der Waals surface area contributed by atoms with Gasteiger partial charge in [0.1, 0.15) is 5.75 Å². The fourth-order valence-corrected chi connectivity index (χ4v) is 4.81. The number of hydrogen-bond donors (Lipinski definition) is 1. The number of rotatable bonds is 6. The van der Waals surface area contributed by atoms with Crippen LogP contribution < -0.4 is 9.46 Å². The van der Waals surface area contributed by atoms with Gasteiger partial charge in [0.15, 0.2) is 0 Å². The van der Waals surface area contributed by atoms with Crippen molar-refractivity contribution in [1.82, 2.24) is 9.62 Å². The van der Waals surface area contributed by atoms with E-state index in [0.717, 1.165) is 28.7 Å². The molecule has 1 N–H and O–H groups in total. The number of carbonyl (C=O) groups is 1. The third-order valence-corrected chi connectivity index (χ3v) is 6.06. The molecule has 1 fully saturated rings. The molecule has 7 nitrogen and oxygen atoms in total. The molecule has 0 saturated carbocycles. The quantitative estimate of drug-likeness (QED) is 0.758. The molecule has 0 aromatic heterocycles. The van der Waals surface area contributed by atoms with Crippen molar-refractivity contribution in [3.63, 3.8) is 0 Å². The van der Waals surface area contributed by atoms with Gasteiger partial charge in [-0.05, 0) is 48.1 Å². The van der Waals surface area contributed by atoms with Gasteiger partial charge >= 0.3 is 6.09 Å². The summed E-state index contributed by atoms with van der Waals surface area (Å²) in [6.07, 6.45) is 2.60. The van der Waals surface area contributed by atoms with Gasteiger partial charge in [0.25, 0.3) is 0 Å². The summed E-state index contributed by atoms with van der Waals surface area (Å²) in [7, 11) is -0.429. The van der Waals surface area contributed by atoms with Gasteiger partial charge in [-0.2, -0.15) is 0 Å². The Bertz CT molecular complexity index is 993. The molecule has 2 aromatic carbocycles. The summed E-state index contributed by atoms with van der Waals surface area (Å²) < 4.78 is 36.7. The van der Waals surface area contributed by atoms with Crippen LogP contribution in [0.25, 0.3) is 11.1 Å². The molecule has 1 saturated heterocycles. The Hall–Kier alpha value is -2.58. The summed E-state index contributed by atoms with van der Waals surface area (Å²) in [5.74, 6) is 0.777. The summed E-state index contributed by atoms with van der Waals surface area (Å²) in [4.78, 5) is 14.0. The molecule has 0 bridgehead atoms. The van der Waals surface area contributed by atoms with Crippen molar-refractivity contribution in [3.05, 3.63) is 54.1 Å². The number of hydrogen-bond acceptors (Lipinski definition) is 5. The molecule has 162 valence electrons. The predicted octanol–water partition coefficient (Wildman–Crippen LogP) is 3.05. The van der Waals surface area contributed by atoms with E-state index in [4.69, 9.17) is 9.47 Å². The third-order valence-electron chi connectivity index (χ3n) is 5.33. The monoisotopic (exact) mass is 432 g/mol. The molecule has 3 rings (SSSR count). The van der Waals surface area contributed by atoms with Crippen molar-refractivity contribution >= 4 is 16.1 Å². The van der Waals surface area contributed by atoms with Gasteiger partial charge in [-0.15, -0.1) is 0 Å². The predicted molar refractivity (Wildman–Crippen MR) is 116 cm³/mol. The number of sulfonamides is 1. The van der Waals surface area contributed by atoms with Crippen LogP contribution in [0.1, 0.15) is 18.4 Å². The van der Waals surface area contributed by atoms with Crippen LogP contribution >= 0.6 is 0 Å². The lowest BCUT2D eigenvalue weighted by Gasteiger charge is -2.40. The Morgan fingerprint density at radius 1 is 1.13 bits per heavy atom. The zero-order valence-electron chi connectivity index (χ0n) is 17.5. The van der Waals surface area contributed by atoms with Crippen LogP contribution in [0.5, 0.6) is 5.75 Å². The van der Waals surface area contributed by atoms with Crippen LogP contribution in [0, 0.1) is 0 Å². The molecule has 0 spiro atoms. The summed E-state index contributed by atoms with van der Waals surface area (Å²) in [5, 5.41) is 0. The van der Waals surface area contributed by atoms with E-state index in [1.165, 1.54) is 7.11 Å². The maximum Gasteiger partial charge on any atom is 0.409 e. The Morgan fingerprint density at radius 2 is 1.83 bits per heavy atom. The first kappa shape index (κ1) is 22.1. The summed E-state index contributed by atoms with van der Waals surface area (Å²) >= 11 is 0. The minimum Gasteiger partial charge on any atom is -0.497 e. The van der Waals surface area contributed by atoms with Gasteiger partial charge in [0, 0.05) is 12.6 Å². The maximum atomic E-state index is 12.4. The van der Waals surface area contributed by atoms with Gasteiger partial charge < -0.3 is 14.4 Å². The molecule has 2 aromatic rings. The lowest BCUT2D eigenvalue weighted by molar-refractivity contribution is 0.0792. The average molecular weight is 433 g/mol. The number of ether oxygens (including phenoxy) is 2. The van der Waals surface area contributed by atoms with E-state index in [1.54, 1.807) is 12.0 Å². The standard InChI is InChI=1S/C22H28N2O5S/c1-28-19-10-5-9-18(15-19)17-8-4-7-16(13-17)14-21-20(23-30(3,26)27)11-6-12-24(21)22(25)29-2/h4-5,7-10,13,15,20-21,23H,6,11-12,14H2,1-3H3. The third kappa shape index (κ3) is 5.52. The number of amides is 1. The smallest absolute Gasteiger partial charge is 0.409 e. The molecule has 1 aliphatic rings. The van der Waals surface area contributed by atoms with Crippen molar-refractivity contribution < 1.29 is 22.7 Å². The number of methoxy groups -OCH3 is 2. The lowest BCUT2D eigenvalue weighted by atomic mass is 9.90. The van der Waals surface area contributed by atoms with Gasteiger partial charge in [0.2, 0.25) is 10.0 Å². The van der Waals surface area contributed by atoms with Gasteiger partial charge in [-0.25, -0.2) is 17.9 Å². The van der Waals surface area contributed by atoms with Crippen LogP contribution in [-0.2, 0) is 21.2 Å². The number of benzene rings is 2. The highest BCUT2D eigenvalue weighted by Crippen LogP contribution is 2.27. The largest absolute Gasteiger partial charge is 0.497 e. The highest BCUT2D eigenvalue weighted by molar-refractivity contribution is 7.88. The van der Waals surface area contributed by atoms with Gasteiger partial charge in [-0.1, -0.05) is 36.4 Å². The number of likely N-dealkylation sites (tertiary alicyclic amines) is 1. The van der Waals surface area contributed by atoms with E-state index < -0.39 is 16.1 Å². The van der Waals surface area contributed by atoms with E-state index in [9.17, 15) is 13.2 Å². The maximum absolute atomic E-state index is 12.4. The second-order valence-electron chi connectivity index (χ2n) is 7.51. The molecule has 2 unspecified atom stereocenters. The first-order valence-electron chi connectivity index (χ1n) is 9.86. The van der Waals surface area contributed by atoms with Crippen molar-refractivity contribution in [2.24, 2.45) is 0 Å². The van der Waals surface area contributed by atoms with E-state index in [0.29, 0.717) is 25.8 Å². The van der Waals surface area contributed by atoms with Crippen molar-refractivity contribution in [2.75, 3.05) is 27.0 Å². The minimum atomic E-state index is -3.41. The number of piperidine rings is 1. The first-order valence-corrected chi connectivity index (χ1v) is 11.7. The van der Waals surface area contributed by atoms with Crippen molar-refractivity contribution in [3.8, 4) is 16.9 Å². The first-order chi connectivity index (χ1) is 14.3. The molecule has 1 aliphatic heterocycles. The Kier molecular flexibility index (Phi) is 6.99. The van der Waals surface area contributed by atoms with Gasteiger partial charge in [0.05, 0.1) is 26.5 Å². The molecule has 1 amide bonds. The normalized spacial score (nSPS) is 19.4. The summed E-state index contributed by atoms with van der Waals surface area (Å²) in [6, 6.07) is 15.2. The van der Waals surface area contributed by atoms with E-state index >= 15 is 0 Å². The lowest BCUT2D eigenvalue weighted by Crippen LogP contribution is -2.57. The Morgan fingerprint density at radius 3 is 2.50 bits per heavy atom. The minimum absolute atomic E-state index is 0.332. The van der Waals surface area contributed by atoms with E-state index in [2.05, 4.69) is 10.8 Å². The molecular weight excluding hydrogens is 404 g/mol. The topological polar surface area (TPSA) is 84.9 Å².